The first kappa shape index (κ1) is 18.8. The van der Waals surface area contributed by atoms with Crippen molar-refractivity contribution in [2.24, 2.45) is 0 Å². The molecule has 8 heteroatoms. The van der Waals surface area contributed by atoms with Gasteiger partial charge in [0.05, 0.1) is 16.3 Å². The Balaban J connectivity index is 1.49. The van der Waals surface area contributed by atoms with Gasteiger partial charge in [0.1, 0.15) is 0 Å². The fraction of sp³-hybridized carbons (Fsp3) is 0.286. The Hall–Kier alpha value is -3.55. The average molecular weight is 391 g/mol. The van der Waals surface area contributed by atoms with E-state index < -0.39 is 4.92 Å². The molecule has 1 saturated heterocycles. The lowest BCUT2D eigenvalue weighted by Crippen LogP contribution is -2.38. The highest BCUT2D eigenvalue weighted by Gasteiger charge is 2.28. The number of nitrogens with zero attached hydrogens (tertiary/aromatic N) is 5. The maximum atomic E-state index is 13.0. The van der Waals surface area contributed by atoms with Crippen LogP contribution in [-0.4, -0.2) is 43.8 Å². The summed E-state index contributed by atoms with van der Waals surface area (Å²) in [5, 5.41) is 19.2. The number of nitro groups is 1. The predicted molar refractivity (Wildman–Crippen MR) is 107 cm³/mol. The molecule has 0 radical (unpaired) electrons. The molecule has 8 nitrogen and oxygen atoms in total. The van der Waals surface area contributed by atoms with Gasteiger partial charge in [-0.25, -0.2) is 4.68 Å². The number of carbonyl (C=O) groups is 1. The number of likely N-dealkylation sites (tertiary alicyclic amines) is 1. The molecule has 0 spiro atoms. The van der Waals surface area contributed by atoms with Crippen molar-refractivity contribution in [3.05, 3.63) is 81.7 Å². The summed E-state index contributed by atoms with van der Waals surface area (Å²) in [5.74, 6) is 0.313. The molecule has 148 valence electrons. The first-order valence-corrected chi connectivity index (χ1v) is 9.56. The molecule has 1 aliphatic rings. The van der Waals surface area contributed by atoms with Crippen LogP contribution in [-0.2, 0) is 0 Å². The Labute approximate surface area is 167 Å². The minimum atomic E-state index is -0.460. The van der Waals surface area contributed by atoms with Crippen LogP contribution in [0.1, 0.15) is 40.5 Å². The lowest BCUT2D eigenvalue weighted by Gasteiger charge is -2.31. The zero-order valence-electron chi connectivity index (χ0n) is 16.1. The van der Waals surface area contributed by atoms with E-state index in [2.05, 4.69) is 22.4 Å². The molecule has 0 atom stereocenters. The van der Waals surface area contributed by atoms with Crippen molar-refractivity contribution in [1.29, 1.82) is 0 Å². The Kier molecular flexibility index (Phi) is 5.07. The van der Waals surface area contributed by atoms with Gasteiger partial charge in [-0.2, -0.15) is 0 Å². The standard InChI is InChI=1S/C21H21N5O3/c1-15-20(22-23-25(15)18-8-5-9-19(14-18)26(28)29)21(27)24-12-10-17(11-13-24)16-6-3-2-4-7-16/h2-9,14,17H,10-13H2,1H3. The van der Waals surface area contributed by atoms with Gasteiger partial charge in [-0.1, -0.05) is 41.6 Å². The van der Waals surface area contributed by atoms with Gasteiger partial charge < -0.3 is 4.90 Å². The number of hydrogen-bond donors (Lipinski definition) is 0. The van der Waals surface area contributed by atoms with E-state index in [1.165, 1.54) is 22.4 Å². The molecule has 1 fully saturated rings. The van der Waals surface area contributed by atoms with Crippen molar-refractivity contribution in [3.8, 4) is 5.69 Å². The Morgan fingerprint density at radius 2 is 1.83 bits per heavy atom. The molecule has 1 aliphatic heterocycles. The molecule has 0 saturated carbocycles. The lowest BCUT2D eigenvalue weighted by molar-refractivity contribution is -0.384. The van der Waals surface area contributed by atoms with Gasteiger partial charge in [0.25, 0.3) is 11.6 Å². The maximum Gasteiger partial charge on any atom is 0.276 e. The van der Waals surface area contributed by atoms with Gasteiger partial charge in [0.15, 0.2) is 5.69 Å². The second-order valence-electron chi connectivity index (χ2n) is 7.19. The zero-order chi connectivity index (χ0) is 20.4. The topological polar surface area (TPSA) is 94.2 Å². The molecular weight excluding hydrogens is 370 g/mol. The largest absolute Gasteiger partial charge is 0.337 e. The van der Waals surface area contributed by atoms with E-state index in [-0.39, 0.29) is 17.3 Å². The SMILES string of the molecule is Cc1c(C(=O)N2CCC(c3ccccc3)CC2)nnn1-c1cccc([N+](=O)[O-])c1. The highest BCUT2D eigenvalue weighted by atomic mass is 16.6. The number of benzene rings is 2. The number of hydrogen-bond acceptors (Lipinski definition) is 5. The van der Waals surface area contributed by atoms with Gasteiger partial charge >= 0.3 is 0 Å². The van der Waals surface area contributed by atoms with Gasteiger partial charge in [0, 0.05) is 25.2 Å². The molecular formula is C21H21N5O3. The Morgan fingerprint density at radius 3 is 2.52 bits per heavy atom. The average Bonchev–Trinajstić information content (AvgIpc) is 3.15. The number of carbonyl (C=O) groups excluding carboxylic acids is 1. The number of piperidine rings is 1. The highest BCUT2D eigenvalue weighted by molar-refractivity contribution is 5.93. The van der Waals surface area contributed by atoms with Crippen LogP contribution >= 0.6 is 0 Å². The molecule has 4 rings (SSSR count). The summed E-state index contributed by atoms with van der Waals surface area (Å²) in [4.78, 5) is 25.4. The summed E-state index contributed by atoms with van der Waals surface area (Å²) in [6.07, 6.45) is 1.82. The molecule has 1 aromatic heterocycles. The van der Waals surface area contributed by atoms with Crippen molar-refractivity contribution >= 4 is 11.6 Å². The molecule has 1 amide bonds. The molecule has 29 heavy (non-hydrogen) atoms. The zero-order valence-corrected chi connectivity index (χ0v) is 16.1. The molecule has 0 bridgehead atoms. The monoisotopic (exact) mass is 391 g/mol. The van der Waals surface area contributed by atoms with E-state index in [4.69, 9.17) is 0 Å². The van der Waals surface area contributed by atoms with E-state index in [1.807, 2.05) is 23.1 Å². The number of amides is 1. The normalized spacial score (nSPS) is 14.7. The van der Waals surface area contributed by atoms with Gasteiger partial charge in [-0.05, 0) is 37.3 Å². The van der Waals surface area contributed by atoms with Crippen molar-refractivity contribution in [1.82, 2.24) is 19.9 Å². The number of non-ortho nitro benzene ring substituents is 1. The van der Waals surface area contributed by atoms with E-state index in [9.17, 15) is 14.9 Å². The molecule has 0 aliphatic carbocycles. The molecule has 0 unspecified atom stereocenters. The second kappa shape index (κ2) is 7.83. The number of nitro benzene ring substituents is 1. The van der Waals surface area contributed by atoms with Gasteiger partial charge in [0.2, 0.25) is 0 Å². The molecule has 2 heterocycles. The van der Waals surface area contributed by atoms with E-state index in [0.29, 0.717) is 30.4 Å². The van der Waals surface area contributed by atoms with E-state index >= 15 is 0 Å². The van der Waals surface area contributed by atoms with Crippen LogP contribution in [0.4, 0.5) is 5.69 Å². The summed E-state index contributed by atoms with van der Waals surface area (Å²) >= 11 is 0. The van der Waals surface area contributed by atoms with Crippen LogP contribution in [0.2, 0.25) is 0 Å². The Bertz CT molecular complexity index is 1040. The fourth-order valence-electron chi connectivity index (χ4n) is 3.80. The van der Waals surface area contributed by atoms with E-state index in [1.54, 1.807) is 19.1 Å². The molecule has 3 aromatic rings. The van der Waals surface area contributed by atoms with E-state index in [0.717, 1.165) is 12.8 Å². The van der Waals surface area contributed by atoms with Crippen molar-refractivity contribution < 1.29 is 9.72 Å². The van der Waals surface area contributed by atoms with Crippen LogP contribution < -0.4 is 0 Å². The second-order valence-corrected chi connectivity index (χ2v) is 7.19. The van der Waals surface area contributed by atoms with Crippen molar-refractivity contribution in [3.63, 3.8) is 0 Å². The first-order valence-electron chi connectivity index (χ1n) is 9.56. The number of aromatic nitrogens is 3. The van der Waals surface area contributed by atoms with Crippen molar-refractivity contribution in [2.75, 3.05) is 13.1 Å². The van der Waals surface area contributed by atoms with Crippen LogP contribution in [0.5, 0.6) is 0 Å². The summed E-state index contributed by atoms with van der Waals surface area (Å²) in [6.45, 7) is 3.09. The van der Waals surface area contributed by atoms with Crippen LogP contribution in [0.15, 0.2) is 54.6 Å². The third kappa shape index (κ3) is 3.73. The summed E-state index contributed by atoms with van der Waals surface area (Å²) < 4.78 is 1.47. The fourth-order valence-corrected chi connectivity index (χ4v) is 3.80. The first-order chi connectivity index (χ1) is 14.0. The van der Waals surface area contributed by atoms with Crippen molar-refractivity contribution in [2.45, 2.75) is 25.7 Å². The molecule has 2 aromatic carbocycles. The van der Waals surface area contributed by atoms with Crippen LogP contribution in [0.25, 0.3) is 5.69 Å². The summed E-state index contributed by atoms with van der Waals surface area (Å²) in [7, 11) is 0. The summed E-state index contributed by atoms with van der Waals surface area (Å²) in [6, 6.07) is 16.5. The third-order valence-electron chi connectivity index (χ3n) is 5.44. The lowest BCUT2D eigenvalue weighted by atomic mass is 9.89. The van der Waals surface area contributed by atoms with Gasteiger partial charge in [-0.15, -0.1) is 5.10 Å². The maximum absolute atomic E-state index is 13.0. The minimum Gasteiger partial charge on any atom is -0.337 e. The highest BCUT2D eigenvalue weighted by Crippen LogP contribution is 2.28. The van der Waals surface area contributed by atoms with Crippen LogP contribution in [0.3, 0.4) is 0 Å². The Morgan fingerprint density at radius 1 is 1.10 bits per heavy atom. The third-order valence-corrected chi connectivity index (χ3v) is 5.44. The number of rotatable bonds is 4. The van der Waals surface area contributed by atoms with Gasteiger partial charge in [-0.3, -0.25) is 14.9 Å². The minimum absolute atomic E-state index is 0.0340. The molecule has 0 N–H and O–H groups in total. The predicted octanol–water partition coefficient (Wildman–Crippen LogP) is 3.50. The summed E-state index contributed by atoms with van der Waals surface area (Å²) in [5.41, 5.74) is 2.64. The smallest absolute Gasteiger partial charge is 0.276 e. The van der Waals surface area contributed by atoms with Crippen LogP contribution in [0, 0.1) is 17.0 Å². The quantitative estimate of drug-likeness (QED) is 0.501.